The van der Waals surface area contributed by atoms with Gasteiger partial charge in [0.2, 0.25) is 5.91 Å². The Bertz CT molecular complexity index is 300. The molecule has 2 heteroatoms. The minimum atomic E-state index is 0.122. The number of likely N-dealkylation sites (tertiary alicyclic amines) is 1. The van der Waals surface area contributed by atoms with Gasteiger partial charge in [0.25, 0.3) is 0 Å². The van der Waals surface area contributed by atoms with Crippen molar-refractivity contribution in [1.82, 2.24) is 4.90 Å². The molecule has 0 spiro atoms. The number of nitrogens with zero attached hydrogens (tertiary/aromatic N) is 1. The van der Waals surface area contributed by atoms with Gasteiger partial charge in [-0.05, 0) is 31.6 Å². The first-order valence-corrected chi connectivity index (χ1v) is 5.09. The number of hydrogen-bond donors (Lipinski definition) is 0. The van der Waals surface area contributed by atoms with Crippen molar-refractivity contribution >= 4 is 5.91 Å². The van der Waals surface area contributed by atoms with Crippen molar-refractivity contribution in [2.75, 3.05) is 0 Å². The fraction of sp³-hybridized carbons (Fsp3) is 0.727. The van der Waals surface area contributed by atoms with Crippen LogP contribution in [-0.2, 0) is 4.79 Å². The molecule has 2 aliphatic carbocycles. The fourth-order valence-electron chi connectivity index (χ4n) is 2.46. The lowest BCUT2D eigenvalue weighted by Crippen LogP contribution is -2.38. The van der Waals surface area contributed by atoms with Gasteiger partial charge in [-0.25, -0.2) is 0 Å². The molecule has 0 radical (unpaired) electrons. The molecule has 3 unspecified atom stereocenters. The smallest absolute Gasteiger partial charge is 0.226 e. The average molecular weight is 175 g/mol. The van der Waals surface area contributed by atoms with Crippen LogP contribution in [0.4, 0.5) is 0 Å². The van der Waals surface area contributed by atoms with E-state index in [0.29, 0.717) is 17.9 Å². The van der Waals surface area contributed by atoms with Crippen LogP contribution in [0, 0.1) is 24.2 Å². The van der Waals surface area contributed by atoms with E-state index < -0.39 is 0 Å². The van der Waals surface area contributed by atoms with Gasteiger partial charge in [0, 0.05) is 12.0 Å². The molecule has 13 heavy (non-hydrogen) atoms. The Balaban J connectivity index is 1.80. The van der Waals surface area contributed by atoms with Gasteiger partial charge in [0.1, 0.15) is 0 Å². The van der Waals surface area contributed by atoms with Crippen LogP contribution in [0.5, 0.6) is 0 Å². The van der Waals surface area contributed by atoms with E-state index in [2.05, 4.69) is 5.92 Å². The molecule has 1 amide bonds. The van der Waals surface area contributed by atoms with Gasteiger partial charge in [-0.1, -0.05) is 5.92 Å². The van der Waals surface area contributed by atoms with E-state index in [-0.39, 0.29) is 6.04 Å². The molecule has 1 heterocycles. The zero-order valence-electron chi connectivity index (χ0n) is 7.57. The third kappa shape index (κ3) is 0.997. The molecule has 0 bridgehead atoms. The second-order valence-corrected chi connectivity index (χ2v) is 4.50. The largest absolute Gasteiger partial charge is 0.325 e. The molecule has 3 aliphatic rings. The lowest BCUT2D eigenvalue weighted by atomic mass is 10.2. The van der Waals surface area contributed by atoms with Crippen LogP contribution in [-0.4, -0.2) is 22.9 Å². The second-order valence-electron chi connectivity index (χ2n) is 4.50. The number of hydrogen-bond acceptors (Lipinski definition) is 1. The van der Waals surface area contributed by atoms with Crippen LogP contribution in [0.15, 0.2) is 0 Å². The summed E-state index contributed by atoms with van der Waals surface area (Å²) in [6.07, 6.45) is 9.86. The SMILES string of the molecule is C#CC1CC2CC2N1C(=O)C1CC1. The van der Waals surface area contributed by atoms with Gasteiger partial charge in [-0.3, -0.25) is 4.79 Å². The van der Waals surface area contributed by atoms with Gasteiger partial charge in [-0.15, -0.1) is 6.42 Å². The summed E-state index contributed by atoms with van der Waals surface area (Å²) in [5.41, 5.74) is 0. The number of carbonyl (C=O) groups is 1. The number of piperidine rings is 1. The molecular weight excluding hydrogens is 162 g/mol. The summed E-state index contributed by atoms with van der Waals surface area (Å²) in [6, 6.07) is 0.644. The number of terminal acetylenes is 1. The van der Waals surface area contributed by atoms with E-state index in [4.69, 9.17) is 6.42 Å². The van der Waals surface area contributed by atoms with E-state index in [1.807, 2.05) is 4.90 Å². The van der Waals surface area contributed by atoms with E-state index in [9.17, 15) is 4.79 Å². The van der Waals surface area contributed by atoms with E-state index in [1.54, 1.807) is 0 Å². The van der Waals surface area contributed by atoms with Gasteiger partial charge >= 0.3 is 0 Å². The van der Waals surface area contributed by atoms with E-state index >= 15 is 0 Å². The molecule has 3 rings (SSSR count). The number of fused-ring (bicyclic) bond motifs is 1. The molecule has 3 fully saturated rings. The Morgan fingerprint density at radius 1 is 1.38 bits per heavy atom. The Morgan fingerprint density at radius 2 is 2.15 bits per heavy atom. The maximum atomic E-state index is 11.8. The summed E-state index contributed by atoms with van der Waals surface area (Å²) < 4.78 is 0. The van der Waals surface area contributed by atoms with Crippen molar-refractivity contribution in [2.24, 2.45) is 11.8 Å². The summed E-state index contributed by atoms with van der Waals surface area (Å²) in [4.78, 5) is 13.8. The fourth-order valence-corrected chi connectivity index (χ4v) is 2.46. The molecule has 68 valence electrons. The van der Waals surface area contributed by atoms with Crippen LogP contribution in [0.25, 0.3) is 0 Å². The lowest BCUT2D eigenvalue weighted by molar-refractivity contribution is -0.133. The molecule has 0 aromatic carbocycles. The zero-order valence-corrected chi connectivity index (χ0v) is 7.57. The van der Waals surface area contributed by atoms with Crippen LogP contribution >= 0.6 is 0 Å². The predicted octanol–water partition coefficient (Wildman–Crippen LogP) is 1.02. The van der Waals surface area contributed by atoms with Crippen LogP contribution < -0.4 is 0 Å². The standard InChI is InChI=1S/C11H13NO/c1-2-9-5-8-6-10(8)12(9)11(13)7-3-4-7/h1,7-10H,3-6H2. The third-order valence-corrected chi connectivity index (χ3v) is 3.48. The van der Waals surface area contributed by atoms with Crippen molar-refractivity contribution in [3.05, 3.63) is 0 Å². The first-order valence-electron chi connectivity index (χ1n) is 5.09. The molecular formula is C11H13NO. The topological polar surface area (TPSA) is 20.3 Å². The highest BCUT2D eigenvalue weighted by atomic mass is 16.2. The summed E-state index contributed by atoms with van der Waals surface area (Å²) in [5, 5.41) is 0. The number of carbonyl (C=O) groups excluding carboxylic acids is 1. The molecule has 1 saturated heterocycles. The van der Waals surface area contributed by atoms with Gasteiger partial charge < -0.3 is 4.90 Å². The minimum Gasteiger partial charge on any atom is -0.325 e. The molecule has 0 N–H and O–H groups in total. The van der Waals surface area contributed by atoms with Crippen LogP contribution in [0.2, 0.25) is 0 Å². The third-order valence-electron chi connectivity index (χ3n) is 3.48. The first-order chi connectivity index (χ1) is 6.31. The second kappa shape index (κ2) is 2.29. The summed E-state index contributed by atoms with van der Waals surface area (Å²) >= 11 is 0. The monoisotopic (exact) mass is 175 g/mol. The van der Waals surface area contributed by atoms with Gasteiger partial charge in [-0.2, -0.15) is 0 Å². The average Bonchev–Trinajstić information content (AvgIpc) is 3.01. The Labute approximate surface area is 78.3 Å². The van der Waals surface area contributed by atoms with Crippen molar-refractivity contribution in [3.8, 4) is 12.3 Å². The highest BCUT2D eigenvalue weighted by molar-refractivity contribution is 5.82. The van der Waals surface area contributed by atoms with Crippen LogP contribution in [0.3, 0.4) is 0 Å². The highest BCUT2D eigenvalue weighted by Crippen LogP contribution is 2.49. The molecule has 3 atom stereocenters. The molecule has 2 nitrogen and oxygen atoms in total. The maximum absolute atomic E-state index is 11.8. The quantitative estimate of drug-likeness (QED) is 0.545. The van der Waals surface area contributed by atoms with Gasteiger partial charge in [0.15, 0.2) is 0 Å². The molecule has 0 aromatic heterocycles. The first kappa shape index (κ1) is 7.44. The highest BCUT2D eigenvalue weighted by Gasteiger charge is 2.55. The molecule has 2 saturated carbocycles. The van der Waals surface area contributed by atoms with Crippen molar-refractivity contribution < 1.29 is 4.79 Å². The predicted molar refractivity (Wildman–Crippen MR) is 48.7 cm³/mol. The van der Waals surface area contributed by atoms with Crippen molar-refractivity contribution in [3.63, 3.8) is 0 Å². The maximum Gasteiger partial charge on any atom is 0.226 e. The summed E-state index contributed by atoms with van der Waals surface area (Å²) in [6.45, 7) is 0. The molecule has 0 aromatic rings. The van der Waals surface area contributed by atoms with Gasteiger partial charge in [0.05, 0.1) is 6.04 Å². The van der Waals surface area contributed by atoms with E-state index in [0.717, 1.165) is 25.2 Å². The minimum absolute atomic E-state index is 0.122. The number of rotatable bonds is 1. The normalized spacial score (nSPS) is 41.2. The summed E-state index contributed by atoms with van der Waals surface area (Å²) in [7, 11) is 0. The number of amides is 1. The lowest BCUT2D eigenvalue weighted by Gasteiger charge is -2.23. The Kier molecular flexibility index (Phi) is 1.31. The van der Waals surface area contributed by atoms with E-state index in [1.165, 1.54) is 6.42 Å². The molecule has 1 aliphatic heterocycles. The van der Waals surface area contributed by atoms with Crippen LogP contribution in [0.1, 0.15) is 25.7 Å². The van der Waals surface area contributed by atoms with Crippen molar-refractivity contribution in [1.29, 1.82) is 0 Å². The summed E-state index contributed by atoms with van der Waals surface area (Å²) in [5.74, 6) is 4.15. The Hall–Kier alpha value is -0.970. The van der Waals surface area contributed by atoms with Crippen molar-refractivity contribution in [2.45, 2.75) is 37.8 Å². The Morgan fingerprint density at radius 3 is 2.77 bits per heavy atom. The zero-order chi connectivity index (χ0) is 9.00.